The molecule has 0 aliphatic carbocycles. The van der Waals surface area contributed by atoms with Crippen molar-refractivity contribution in [2.24, 2.45) is 7.05 Å². The van der Waals surface area contributed by atoms with E-state index in [1.165, 1.54) is 5.69 Å². The van der Waals surface area contributed by atoms with Gasteiger partial charge in [0.15, 0.2) is 11.5 Å². The molecule has 1 saturated heterocycles. The van der Waals surface area contributed by atoms with Gasteiger partial charge in [0.05, 0.1) is 5.69 Å². The van der Waals surface area contributed by atoms with E-state index in [-0.39, 0.29) is 0 Å². The van der Waals surface area contributed by atoms with Gasteiger partial charge in [-0.3, -0.25) is 4.68 Å². The lowest BCUT2D eigenvalue weighted by Crippen LogP contribution is -2.35. The molecule has 0 unspecified atom stereocenters. The highest BCUT2D eigenvalue weighted by molar-refractivity contribution is 5.36. The van der Waals surface area contributed by atoms with Gasteiger partial charge < -0.3 is 4.90 Å². The van der Waals surface area contributed by atoms with Gasteiger partial charge >= 0.3 is 0 Å². The van der Waals surface area contributed by atoms with Crippen LogP contribution in [-0.2, 0) is 13.5 Å². The van der Waals surface area contributed by atoms with E-state index < -0.39 is 0 Å². The molecule has 1 aliphatic heterocycles. The first kappa shape index (κ1) is 15.3. The Bertz CT molecular complexity index is 826. The average molecular weight is 325 g/mol. The molecule has 0 spiro atoms. The highest BCUT2D eigenvalue weighted by Crippen LogP contribution is 2.26. The zero-order valence-corrected chi connectivity index (χ0v) is 14.3. The summed E-state index contributed by atoms with van der Waals surface area (Å²) in [5.74, 6) is 1.46. The minimum atomic E-state index is 0.447. The number of hydrogen-bond acceptors (Lipinski definition) is 5. The van der Waals surface area contributed by atoms with E-state index in [2.05, 4.69) is 31.4 Å². The maximum absolute atomic E-state index is 4.58. The van der Waals surface area contributed by atoms with E-state index in [1.54, 1.807) is 0 Å². The highest BCUT2D eigenvalue weighted by atomic mass is 15.4. The average Bonchev–Trinajstić information content (AvgIpc) is 3.19. The third-order valence-electron chi connectivity index (χ3n) is 4.98. The number of fused-ring (bicyclic) bond motifs is 1. The van der Waals surface area contributed by atoms with Crippen LogP contribution in [0.4, 0.5) is 0 Å². The topological polar surface area (TPSA) is 64.1 Å². The Morgan fingerprint density at radius 1 is 1.12 bits per heavy atom. The Hall–Kier alpha value is -2.28. The number of hydrogen-bond donors (Lipinski definition) is 0. The number of aromatic nitrogens is 6. The summed E-state index contributed by atoms with van der Waals surface area (Å²) in [6, 6.07) is 6.07. The third-order valence-corrected chi connectivity index (χ3v) is 4.98. The van der Waals surface area contributed by atoms with Crippen LogP contribution in [0.2, 0.25) is 0 Å². The van der Waals surface area contributed by atoms with Gasteiger partial charge in [-0.1, -0.05) is 0 Å². The van der Waals surface area contributed by atoms with Gasteiger partial charge in [0.1, 0.15) is 0 Å². The maximum atomic E-state index is 4.58. The molecule has 0 atom stereocenters. The fourth-order valence-electron chi connectivity index (χ4n) is 3.49. The van der Waals surface area contributed by atoms with Crippen LogP contribution in [0, 0.1) is 6.92 Å². The minimum absolute atomic E-state index is 0.447. The van der Waals surface area contributed by atoms with E-state index in [9.17, 15) is 0 Å². The fourth-order valence-corrected chi connectivity index (χ4v) is 3.49. The summed E-state index contributed by atoms with van der Waals surface area (Å²) in [6.45, 7) is 5.29. The Kier molecular flexibility index (Phi) is 4.02. The Morgan fingerprint density at radius 3 is 2.71 bits per heavy atom. The minimum Gasteiger partial charge on any atom is -0.303 e. The summed E-state index contributed by atoms with van der Waals surface area (Å²) in [6.07, 6.45) is 5.15. The second-order valence-electron chi connectivity index (χ2n) is 6.61. The van der Waals surface area contributed by atoms with Crippen LogP contribution in [-0.4, -0.2) is 54.1 Å². The van der Waals surface area contributed by atoms with Gasteiger partial charge in [-0.25, -0.2) is 0 Å². The van der Waals surface area contributed by atoms with Crippen LogP contribution in [0.1, 0.15) is 36.0 Å². The van der Waals surface area contributed by atoms with Gasteiger partial charge in [0.2, 0.25) is 0 Å². The lowest BCUT2D eigenvalue weighted by atomic mass is 9.96. The quantitative estimate of drug-likeness (QED) is 0.729. The number of rotatable bonds is 4. The molecule has 0 N–H and O–H groups in total. The Balaban J connectivity index is 1.38. The van der Waals surface area contributed by atoms with Crippen molar-refractivity contribution in [3.63, 3.8) is 0 Å². The lowest BCUT2D eigenvalue weighted by Gasteiger charge is -2.30. The maximum Gasteiger partial charge on any atom is 0.177 e. The van der Waals surface area contributed by atoms with Crippen molar-refractivity contribution in [1.29, 1.82) is 0 Å². The molecule has 7 nitrogen and oxygen atoms in total. The molecule has 1 fully saturated rings. The summed E-state index contributed by atoms with van der Waals surface area (Å²) in [7, 11) is 2.01. The van der Waals surface area contributed by atoms with Crippen molar-refractivity contribution in [3.8, 4) is 0 Å². The van der Waals surface area contributed by atoms with Crippen molar-refractivity contribution >= 4 is 5.65 Å². The second-order valence-corrected chi connectivity index (χ2v) is 6.61. The van der Waals surface area contributed by atoms with E-state index >= 15 is 0 Å². The molecule has 4 rings (SSSR count). The first-order chi connectivity index (χ1) is 11.7. The van der Waals surface area contributed by atoms with Gasteiger partial charge in [-0.05, 0) is 51.1 Å². The van der Waals surface area contributed by atoms with Crippen molar-refractivity contribution in [2.45, 2.75) is 32.1 Å². The molecule has 0 radical (unpaired) electrons. The van der Waals surface area contributed by atoms with Crippen LogP contribution in [0.5, 0.6) is 0 Å². The highest BCUT2D eigenvalue weighted by Gasteiger charge is 2.25. The molecule has 24 heavy (non-hydrogen) atoms. The Morgan fingerprint density at radius 2 is 1.96 bits per heavy atom. The van der Waals surface area contributed by atoms with E-state index in [0.29, 0.717) is 5.92 Å². The number of likely N-dealkylation sites (tertiary alicyclic amines) is 1. The number of aryl methyl sites for hydroxylation is 2. The Labute approximate surface area is 141 Å². The standard InChI is InChI=1S/C17H23N7/c1-13-3-4-16-19-20-17(24(16)21-13)14-6-10-23(11-7-14)12-8-15-5-9-18-22(15)2/h3-5,9,14H,6-8,10-12H2,1-2H3. The predicted molar refractivity (Wildman–Crippen MR) is 90.8 cm³/mol. The zero-order chi connectivity index (χ0) is 16.5. The summed E-state index contributed by atoms with van der Waals surface area (Å²) in [5.41, 5.74) is 3.13. The van der Waals surface area contributed by atoms with E-state index in [0.717, 1.165) is 56.1 Å². The molecule has 0 saturated carbocycles. The van der Waals surface area contributed by atoms with Crippen molar-refractivity contribution in [3.05, 3.63) is 41.6 Å². The SMILES string of the molecule is Cc1ccc2nnc(C3CCN(CCc4ccnn4C)CC3)n2n1. The molecule has 4 heterocycles. The van der Waals surface area contributed by atoms with Crippen LogP contribution >= 0.6 is 0 Å². The van der Waals surface area contributed by atoms with Crippen LogP contribution in [0.25, 0.3) is 5.65 Å². The largest absolute Gasteiger partial charge is 0.303 e. The van der Waals surface area contributed by atoms with Crippen molar-refractivity contribution < 1.29 is 0 Å². The van der Waals surface area contributed by atoms with Crippen LogP contribution < -0.4 is 0 Å². The van der Waals surface area contributed by atoms with Gasteiger partial charge in [-0.15, -0.1) is 10.2 Å². The monoisotopic (exact) mass is 325 g/mol. The third kappa shape index (κ3) is 2.91. The molecule has 0 aromatic carbocycles. The molecule has 3 aromatic rings. The number of piperidine rings is 1. The predicted octanol–water partition coefficient (Wildman–Crippen LogP) is 1.59. The molecule has 126 valence electrons. The van der Waals surface area contributed by atoms with Gasteiger partial charge in [0.25, 0.3) is 0 Å². The first-order valence-electron chi connectivity index (χ1n) is 8.59. The normalized spacial score (nSPS) is 16.9. The van der Waals surface area contributed by atoms with Gasteiger partial charge in [0, 0.05) is 37.8 Å². The molecule has 3 aromatic heterocycles. The van der Waals surface area contributed by atoms with Crippen molar-refractivity contribution in [2.75, 3.05) is 19.6 Å². The van der Waals surface area contributed by atoms with Crippen LogP contribution in [0.3, 0.4) is 0 Å². The van der Waals surface area contributed by atoms with Crippen LogP contribution in [0.15, 0.2) is 24.4 Å². The molecule has 7 heteroatoms. The molecule has 0 bridgehead atoms. The molecular weight excluding hydrogens is 302 g/mol. The molecule has 0 amide bonds. The lowest BCUT2D eigenvalue weighted by molar-refractivity contribution is 0.209. The van der Waals surface area contributed by atoms with E-state index in [4.69, 9.17) is 0 Å². The summed E-state index contributed by atoms with van der Waals surface area (Å²) < 4.78 is 3.88. The summed E-state index contributed by atoms with van der Waals surface area (Å²) in [4.78, 5) is 2.53. The summed E-state index contributed by atoms with van der Waals surface area (Å²) in [5, 5.41) is 17.5. The smallest absolute Gasteiger partial charge is 0.177 e. The number of nitrogens with zero attached hydrogens (tertiary/aromatic N) is 7. The van der Waals surface area contributed by atoms with Gasteiger partial charge in [-0.2, -0.15) is 14.7 Å². The van der Waals surface area contributed by atoms with Crippen molar-refractivity contribution in [1.82, 2.24) is 34.5 Å². The second kappa shape index (κ2) is 6.32. The van der Waals surface area contributed by atoms with E-state index in [1.807, 2.05) is 41.5 Å². The zero-order valence-electron chi connectivity index (χ0n) is 14.3. The first-order valence-corrected chi connectivity index (χ1v) is 8.59. The molecular formula is C17H23N7. The fraction of sp³-hybridized carbons (Fsp3) is 0.529. The summed E-state index contributed by atoms with van der Waals surface area (Å²) >= 11 is 0. The molecule has 1 aliphatic rings.